The van der Waals surface area contributed by atoms with Gasteiger partial charge in [-0.05, 0) is 62.2 Å². The first-order valence-electron chi connectivity index (χ1n) is 9.67. The molecule has 28 heavy (non-hydrogen) atoms. The van der Waals surface area contributed by atoms with Gasteiger partial charge in [0, 0.05) is 24.3 Å². The summed E-state index contributed by atoms with van der Waals surface area (Å²) >= 11 is 0. The molecule has 0 aliphatic carbocycles. The molecule has 0 bridgehead atoms. The molecule has 148 valence electrons. The van der Waals surface area contributed by atoms with E-state index in [0.717, 1.165) is 35.7 Å². The van der Waals surface area contributed by atoms with Gasteiger partial charge in [-0.25, -0.2) is 0 Å². The molecule has 6 heteroatoms. The first kappa shape index (κ1) is 19.7. The van der Waals surface area contributed by atoms with E-state index in [0.29, 0.717) is 19.6 Å². The highest BCUT2D eigenvalue weighted by atomic mass is 16.5. The Bertz CT molecular complexity index is 820. The van der Waals surface area contributed by atoms with E-state index in [1.807, 2.05) is 62.4 Å². The summed E-state index contributed by atoms with van der Waals surface area (Å²) in [5, 5.41) is 6.05. The number of carbonyl (C=O) groups is 2. The van der Waals surface area contributed by atoms with Gasteiger partial charge in [-0.1, -0.05) is 12.1 Å². The third-order valence-electron chi connectivity index (χ3n) is 4.69. The number of aryl methyl sites for hydroxylation is 1. The van der Waals surface area contributed by atoms with Crippen LogP contribution >= 0.6 is 0 Å². The fourth-order valence-corrected chi connectivity index (χ4v) is 3.18. The average Bonchev–Trinajstić information content (AvgIpc) is 3.11. The van der Waals surface area contributed by atoms with Crippen LogP contribution in [0.3, 0.4) is 0 Å². The largest absolute Gasteiger partial charge is 0.492 e. The second-order valence-corrected chi connectivity index (χ2v) is 7.02. The Morgan fingerprint density at radius 1 is 1.21 bits per heavy atom. The van der Waals surface area contributed by atoms with Gasteiger partial charge in [-0.2, -0.15) is 0 Å². The zero-order valence-electron chi connectivity index (χ0n) is 16.4. The van der Waals surface area contributed by atoms with Crippen molar-refractivity contribution >= 4 is 23.2 Å². The van der Waals surface area contributed by atoms with Gasteiger partial charge in [0.15, 0.2) is 0 Å². The highest BCUT2D eigenvalue weighted by Crippen LogP contribution is 2.23. The molecule has 1 unspecified atom stereocenters. The molecule has 1 heterocycles. The van der Waals surface area contributed by atoms with Crippen molar-refractivity contribution in [2.75, 3.05) is 29.9 Å². The van der Waals surface area contributed by atoms with Gasteiger partial charge in [0.25, 0.3) is 0 Å². The van der Waals surface area contributed by atoms with Crippen molar-refractivity contribution in [1.82, 2.24) is 5.32 Å². The molecule has 0 radical (unpaired) electrons. The van der Waals surface area contributed by atoms with E-state index in [-0.39, 0.29) is 17.9 Å². The van der Waals surface area contributed by atoms with E-state index in [2.05, 4.69) is 10.6 Å². The molecule has 1 aliphatic rings. The van der Waals surface area contributed by atoms with Crippen LogP contribution in [-0.2, 0) is 9.59 Å². The van der Waals surface area contributed by atoms with Crippen LogP contribution in [0.25, 0.3) is 0 Å². The lowest BCUT2D eigenvalue weighted by molar-refractivity contribution is -0.121. The number of nitrogens with zero attached hydrogens (tertiary/aromatic N) is 1. The molecule has 0 spiro atoms. The number of amides is 2. The fraction of sp³-hybridized carbons (Fsp3) is 0.364. The number of rotatable bonds is 8. The van der Waals surface area contributed by atoms with Gasteiger partial charge < -0.3 is 20.3 Å². The van der Waals surface area contributed by atoms with Gasteiger partial charge in [-0.3, -0.25) is 9.59 Å². The summed E-state index contributed by atoms with van der Waals surface area (Å²) in [7, 11) is 0. The van der Waals surface area contributed by atoms with Gasteiger partial charge in [0.2, 0.25) is 11.8 Å². The van der Waals surface area contributed by atoms with Crippen molar-refractivity contribution in [3.8, 4) is 5.75 Å². The number of anilines is 2. The maximum Gasteiger partial charge on any atom is 0.242 e. The first-order valence-corrected chi connectivity index (χ1v) is 9.67. The van der Waals surface area contributed by atoms with Crippen LogP contribution in [-0.4, -0.2) is 37.6 Å². The zero-order valence-corrected chi connectivity index (χ0v) is 16.4. The van der Waals surface area contributed by atoms with Crippen molar-refractivity contribution in [1.29, 1.82) is 0 Å². The molecule has 2 N–H and O–H groups in total. The Morgan fingerprint density at radius 3 is 2.68 bits per heavy atom. The van der Waals surface area contributed by atoms with Gasteiger partial charge >= 0.3 is 0 Å². The number of nitrogens with one attached hydrogen (secondary N) is 2. The van der Waals surface area contributed by atoms with Crippen molar-refractivity contribution in [2.45, 2.75) is 32.7 Å². The van der Waals surface area contributed by atoms with Gasteiger partial charge in [0.05, 0.1) is 6.54 Å². The van der Waals surface area contributed by atoms with Crippen LogP contribution in [0.15, 0.2) is 48.5 Å². The van der Waals surface area contributed by atoms with Crippen LogP contribution in [0.5, 0.6) is 5.75 Å². The lowest BCUT2D eigenvalue weighted by Crippen LogP contribution is -2.39. The summed E-state index contributed by atoms with van der Waals surface area (Å²) in [6.07, 6.45) is 1.52. The summed E-state index contributed by atoms with van der Waals surface area (Å²) < 4.78 is 5.64. The molecule has 1 aliphatic heterocycles. The first-order chi connectivity index (χ1) is 13.5. The number of hydrogen-bond acceptors (Lipinski definition) is 4. The number of ether oxygens (including phenoxy) is 1. The summed E-state index contributed by atoms with van der Waals surface area (Å²) in [5.74, 6) is 0.880. The van der Waals surface area contributed by atoms with E-state index >= 15 is 0 Å². The fourth-order valence-electron chi connectivity index (χ4n) is 3.18. The maximum absolute atomic E-state index is 12.2. The SMILES string of the molecule is Cc1cccc(OCCNC(=O)C(C)Nc2ccc(N3CCCC3=O)cc2)c1. The van der Waals surface area contributed by atoms with E-state index < -0.39 is 0 Å². The van der Waals surface area contributed by atoms with Crippen LogP contribution in [0.4, 0.5) is 11.4 Å². The number of hydrogen-bond donors (Lipinski definition) is 2. The Labute approximate surface area is 165 Å². The average molecular weight is 381 g/mol. The Balaban J connectivity index is 1.41. The number of benzene rings is 2. The van der Waals surface area contributed by atoms with E-state index in [9.17, 15) is 9.59 Å². The van der Waals surface area contributed by atoms with Crippen molar-refractivity contribution in [3.63, 3.8) is 0 Å². The quantitative estimate of drug-likeness (QED) is 0.690. The van der Waals surface area contributed by atoms with Crippen LogP contribution in [0.2, 0.25) is 0 Å². The molecule has 1 saturated heterocycles. The summed E-state index contributed by atoms with van der Waals surface area (Å²) in [4.78, 5) is 25.9. The Kier molecular flexibility index (Phi) is 6.53. The van der Waals surface area contributed by atoms with Crippen molar-refractivity contribution < 1.29 is 14.3 Å². The Morgan fingerprint density at radius 2 is 2.00 bits per heavy atom. The molecule has 6 nitrogen and oxygen atoms in total. The second kappa shape index (κ2) is 9.26. The second-order valence-electron chi connectivity index (χ2n) is 7.02. The van der Waals surface area contributed by atoms with E-state index in [4.69, 9.17) is 4.74 Å². The predicted molar refractivity (Wildman–Crippen MR) is 111 cm³/mol. The molecule has 1 atom stereocenters. The topological polar surface area (TPSA) is 70.7 Å². The molecular formula is C22H27N3O3. The van der Waals surface area contributed by atoms with E-state index in [1.54, 1.807) is 4.90 Å². The predicted octanol–water partition coefficient (Wildman–Crippen LogP) is 3.12. The molecule has 2 amide bonds. The standard InChI is InChI=1S/C22H27N3O3/c1-16-5-3-6-20(15-16)28-14-12-23-22(27)17(2)24-18-8-10-19(11-9-18)25-13-4-7-21(25)26/h3,5-6,8-11,15,17,24H,4,7,12-14H2,1-2H3,(H,23,27). The minimum atomic E-state index is -0.377. The lowest BCUT2D eigenvalue weighted by atomic mass is 10.2. The molecule has 1 fully saturated rings. The number of carbonyl (C=O) groups excluding carboxylic acids is 2. The van der Waals surface area contributed by atoms with Crippen LogP contribution < -0.4 is 20.3 Å². The maximum atomic E-state index is 12.2. The normalized spacial score (nSPS) is 14.6. The van der Waals surface area contributed by atoms with Gasteiger partial charge in [0.1, 0.15) is 18.4 Å². The molecule has 0 aromatic heterocycles. The molecule has 0 saturated carbocycles. The van der Waals surface area contributed by atoms with E-state index in [1.165, 1.54) is 0 Å². The highest BCUT2D eigenvalue weighted by molar-refractivity contribution is 5.95. The monoisotopic (exact) mass is 381 g/mol. The molecular weight excluding hydrogens is 354 g/mol. The smallest absolute Gasteiger partial charge is 0.242 e. The zero-order chi connectivity index (χ0) is 19.9. The summed E-state index contributed by atoms with van der Waals surface area (Å²) in [6.45, 7) is 5.45. The van der Waals surface area contributed by atoms with Crippen molar-refractivity contribution in [2.24, 2.45) is 0 Å². The summed E-state index contributed by atoms with van der Waals surface area (Å²) in [6, 6.07) is 15.1. The van der Waals surface area contributed by atoms with Crippen LogP contribution in [0, 0.1) is 6.92 Å². The summed E-state index contributed by atoms with van der Waals surface area (Å²) in [5.41, 5.74) is 2.88. The van der Waals surface area contributed by atoms with Gasteiger partial charge in [-0.15, -0.1) is 0 Å². The highest BCUT2D eigenvalue weighted by Gasteiger charge is 2.21. The molecule has 2 aromatic carbocycles. The third kappa shape index (κ3) is 5.25. The molecule has 2 aromatic rings. The lowest BCUT2D eigenvalue weighted by Gasteiger charge is -2.18. The van der Waals surface area contributed by atoms with Crippen LogP contribution in [0.1, 0.15) is 25.3 Å². The molecule has 3 rings (SSSR count). The Hall–Kier alpha value is -3.02. The third-order valence-corrected chi connectivity index (χ3v) is 4.69. The minimum absolute atomic E-state index is 0.0911. The van der Waals surface area contributed by atoms with Crippen molar-refractivity contribution in [3.05, 3.63) is 54.1 Å². The minimum Gasteiger partial charge on any atom is -0.492 e.